The molecule has 1 rings (SSSR count). The largest absolute Gasteiger partial charge is 0.480 e. The lowest BCUT2D eigenvalue weighted by atomic mass is 10.4. The summed E-state index contributed by atoms with van der Waals surface area (Å²) in [5, 5.41) is 11.3. The maximum absolute atomic E-state index is 11.9. The number of nitrogens with one attached hydrogen (secondary N) is 1. The van der Waals surface area contributed by atoms with E-state index < -0.39 is 12.0 Å². The Morgan fingerprint density at radius 3 is 2.78 bits per heavy atom. The Kier molecular flexibility index (Phi) is 5.57. The number of anilines is 1. The number of halogens is 1. The fraction of sp³-hybridized carbons (Fsp3) is 0.364. The van der Waals surface area contributed by atoms with Crippen LogP contribution >= 0.6 is 15.9 Å². The van der Waals surface area contributed by atoms with E-state index in [1.807, 2.05) is 6.92 Å². The highest BCUT2D eigenvalue weighted by atomic mass is 79.9. The number of carboxylic acid groups (broad SMARTS) is 1. The molecule has 2 N–H and O–H groups in total. The Balaban J connectivity index is 2.69. The van der Waals surface area contributed by atoms with Gasteiger partial charge in [0.2, 0.25) is 0 Å². The standard InChI is InChI=1S/C11H14BrN3O3/c1-2-3-15(7-10(16)17)11(18)14-9-4-8(12)5-13-6-9/h4-6H,2-3,7H2,1H3,(H,14,18)(H,16,17). The van der Waals surface area contributed by atoms with Gasteiger partial charge in [-0.2, -0.15) is 0 Å². The molecule has 0 aliphatic heterocycles. The first-order valence-electron chi connectivity index (χ1n) is 5.41. The number of rotatable bonds is 5. The summed E-state index contributed by atoms with van der Waals surface area (Å²) < 4.78 is 0.737. The highest BCUT2D eigenvalue weighted by molar-refractivity contribution is 9.10. The van der Waals surface area contributed by atoms with Gasteiger partial charge in [0.25, 0.3) is 0 Å². The molecule has 1 heterocycles. The molecule has 98 valence electrons. The number of urea groups is 1. The van der Waals surface area contributed by atoms with E-state index in [1.165, 1.54) is 11.1 Å². The van der Waals surface area contributed by atoms with Crippen LogP contribution in [0.2, 0.25) is 0 Å². The number of hydrogen-bond donors (Lipinski definition) is 2. The Bertz CT molecular complexity index is 439. The number of nitrogens with zero attached hydrogens (tertiary/aromatic N) is 2. The van der Waals surface area contributed by atoms with Crippen LogP contribution in [-0.4, -0.2) is 40.1 Å². The average molecular weight is 316 g/mol. The number of amides is 2. The van der Waals surface area contributed by atoms with Crippen molar-refractivity contribution in [1.82, 2.24) is 9.88 Å². The molecule has 0 radical (unpaired) electrons. The summed E-state index contributed by atoms with van der Waals surface area (Å²) >= 11 is 3.24. The van der Waals surface area contributed by atoms with Gasteiger partial charge < -0.3 is 15.3 Å². The van der Waals surface area contributed by atoms with Gasteiger partial charge in [0, 0.05) is 17.2 Å². The topological polar surface area (TPSA) is 82.5 Å². The van der Waals surface area contributed by atoms with Crippen molar-refractivity contribution in [2.75, 3.05) is 18.4 Å². The lowest BCUT2D eigenvalue weighted by Crippen LogP contribution is -2.39. The third-order valence-corrected chi connectivity index (χ3v) is 2.50. The van der Waals surface area contributed by atoms with E-state index in [9.17, 15) is 9.59 Å². The number of aliphatic carboxylic acids is 1. The average Bonchev–Trinajstić information content (AvgIpc) is 2.27. The zero-order valence-electron chi connectivity index (χ0n) is 9.89. The van der Waals surface area contributed by atoms with E-state index >= 15 is 0 Å². The molecule has 7 heteroatoms. The number of carbonyl (C=O) groups excluding carboxylic acids is 1. The monoisotopic (exact) mass is 315 g/mol. The van der Waals surface area contributed by atoms with Crippen molar-refractivity contribution in [3.8, 4) is 0 Å². The Morgan fingerprint density at radius 1 is 1.50 bits per heavy atom. The summed E-state index contributed by atoms with van der Waals surface area (Å²) in [4.78, 5) is 27.7. The van der Waals surface area contributed by atoms with Gasteiger partial charge in [-0.3, -0.25) is 9.78 Å². The molecule has 18 heavy (non-hydrogen) atoms. The lowest BCUT2D eigenvalue weighted by molar-refractivity contribution is -0.137. The molecule has 6 nitrogen and oxygen atoms in total. The maximum Gasteiger partial charge on any atom is 0.323 e. The highest BCUT2D eigenvalue weighted by Crippen LogP contribution is 2.14. The molecule has 0 fully saturated rings. The van der Waals surface area contributed by atoms with Crippen LogP contribution in [-0.2, 0) is 4.79 Å². The second-order valence-corrected chi connectivity index (χ2v) is 4.55. The quantitative estimate of drug-likeness (QED) is 0.872. The fourth-order valence-electron chi connectivity index (χ4n) is 1.37. The van der Waals surface area contributed by atoms with Crippen LogP contribution in [0.5, 0.6) is 0 Å². The van der Waals surface area contributed by atoms with Crippen molar-refractivity contribution in [2.24, 2.45) is 0 Å². The number of aromatic nitrogens is 1. The molecular formula is C11H14BrN3O3. The molecule has 0 saturated heterocycles. The van der Waals surface area contributed by atoms with E-state index in [0.29, 0.717) is 18.7 Å². The predicted octanol–water partition coefficient (Wildman–Crippen LogP) is 2.17. The summed E-state index contributed by atoms with van der Waals surface area (Å²) in [7, 11) is 0. The van der Waals surface area contributed by atoms with E-state index in [-0.39, 0.29) is 6.54 Å². The van der Waals surface area contributed by atoms with Crippen LogP contribution in [0.3, 0.4) is 0 Å². The molecule has 0 aromatic carbocycles. The summed E-state index contributed by atoms with van der Waals surface area (Å²) in [5.41, 5.74) is 0.515. The van der Waals surface area contributed by atoms with E-state index in [2.05, 4.69) is 26.2 Å². The highest BCUT2D eigenvalue weighted by Gasteiger charge is 2.15. The number of hydrogen-bond acceptors (Lipinski definition) is 3. The third-order valence-electron chi connectivity index (χ3n) is 2.06. The van der Waals surface area contributed by atoms with Gasteiger partial charge in [-0.05, 0) is 28.4 Å². The molecule has 1 aromatic rings. The number of carbonyl (C=O) groups is 2. The van der Waals surface area contributed by atoms with Crippen molar-refractivity contribution in [3.63, 3.8) is 0 Å². The van der Waals surface area contributed by atoms with Crippen LogP contribution in [0.4, 0.5) is 10.5 Å². The van der Waals surface area contributed by atoms with Crippen molar-refractivity contribution < 1.29 is 14.7 Å². The number of pyridine rings is 1. The Morgan fingerprint density at radius 2 is 2.22 bits per heavy atom. The minimum atomic E-state index is -1.04. The first-order chi connectivity index (χ1) is 8.52. The van der Waals surface area contributed by atoms with E-state index in [0.717, 1.165) is 4.47 Å². The molecule has 0 bridgehead atoms. The molecule has 0 spiro atoms. The summed E-state index contributed by atoms with van der Waals surface area (Å²) in [5.74, 6) is -1.04. The van der Waals surface area contributed by atoms with Gasteiger partial charge in [-0.1, -0.05) is 6.92 Å². The SMILES string of the molecule is CCCN(CC(=O)O)C(=O)Nc1cncc(Br)c1. The van der Waals surface area contributed by atoms with Crippen molar-refractivity contribution in [3.05, 3.63) is 22.9 Å². The molecule has 1 aromatic heterocycles. The van der Waals surface area contributed by atoms with Crippen LogP contribution < -0.4 is 5.32 Å². The molecule has 0 atom stereocenters. The number of carboxylic acids is 1. The van der Waals surface area contributed by atoms with Gasteiger partial charge >= 0.3 is 12.0 Å². The molecule has 0 unspecified atom stereocenters. The first-order valence-corrected chi connectivity index (χ1v) is 6.20. The molecule has 0 aliphatic carbocycles. The van der Waals surface area contributed by atoms with Gasteiger partial charge in [0.05, 0.1) is 11.9 Å². The second kappa shape index (κ2) is 6.95. The van der Waals surface area contributed by atoms with E-state index in [1.54, 1.807) is 12.3 Å². The third kappa shape index (κ3) is 4.70. The second-order valence-electron chi connectivity index (χ2n) is 3.64. The fourth-order valence-corrected chi connectivity index (χ4v) is 1.73. The van der Waals surface area contributed by atoms with Crippen LogP contribution in [0.15, 0.2) is 22.9 Å². The molecule has 0 aliphatic rings. The van der Waals surface area contributed by atoms with Gasteiger partial charge in [-0.15, -0.1) is 0 Å². The van der Waals surface area contributed by atoms with Gasteiger partial charge in [0.15, 0.2) is 0 Å². The van der Waals surface area contributed by atoms with Crippen LogP contribution in [0, 0.1) is 0 Å². The first kappa shape index (κ1) is 14.4. The van der Waals surface area contributed by atoms with Crippen LogP contribution in [0.1, 0.15) is 13.3 Å². The van der Waals surface area contributed by atoms with Gasteiger partial charge in [0.1, 0.15) is 6.54 Å². The summed E-state index contributed by atoms with van der Waals surface area (Å²) in [6.07, 6.45) is 3.78. The molecule has 2 amide bonds. The normalized spacial score (nSPS) is 9.89. The smallest absolute Gasteiger partial charge is 0.323 e. The maximum atomic E-state index is 11.9. The Labute approximate surface area is 113 Å². The van der Waals surface area contributed by atoms with Crippen molar-refractivity contribution in [1.29, 1.82) is 0 Å². The minimum Gasteiger partial charge on any atom is -0.480 e. The van der Waals surface area contributed by atoms with Crippen LogP contribution in [0.25, 0.3) is 0 Å². The summed E-state index contributed by atoms with van der Waals surface area (Å²) in [6.45, 7) is 1.95. The zero-order valence-corrected chi connectivity index (χ0v) is 11.5. The van der Waals surface area contributed by atoms with Gasteiger partial charge in [-0.25, -0.2) is 4.79 Å². The molecular weight excluding hydrogens is 302 g/mol. The zero-order chi connectivity index (χ0) is 13.5. The van der Waals surface area contributed by atoms with Crippen molar-refractivity contribution >= 4 is 33.6 Å². The minimum absolute atomic E-state index is 0.318. The van der Waals surface area contributed by atoms with E-state index in [4.69, 9.17) is 5.11 Å². The summed E-state index contributed by atoms with van der Waals surface area (Å²) in [6, 6.07) is 1.25. The molecule has 0 saturated carbocycles. The van der Waals surface area contributed by atoms with Crippen molar-refractivity contribution in [2.45, 2.75) is 13.3 Å². The Hall–Kier alpha value is -1.63. The lowest BCUT2D eigenvalue weighted by Gasteiger charge is -2.20. The predicted molar refractivity (Wildman–Crippen MR) is 70.5 cm³/mol.